The highest BCUT2D eigenvalue weighted by Crippen LogP contribution is 2.31. The van der Waals surface area contributed by atoms with Crippen LogP contribution in [0.3, 0.4) is 0 Å². The van der Waals surface area contributed by atoms with E-state index in [1.54, 1.807) is 74.8 Å². The number of carbonyl (C=O) groups excluding carboxylic acids is 4. The van der Waals surface area contributed by atoms with Crippen LogP contribution in [-0.4, -0.2) is 172 Å². The highest BCUT2D eigenvalue weighted by Gasteiger charge is 2.28. The minimum absolute atomic E-state index is 0.0277. The van der Waals surface area contributed by atoms with E-state index in [4.69, 9.17) is 28.9 Å². The zero-order valence-corrected chi connectivity index (χ0v) is 63.2. The second kappa shape index (κ2) is 39.0. The Bertz CT molecular complexity index is 5050. The number of imidazole rings is 2. The van der Waals surface area contributed by atoms with E-state index in [-0.39, 0.29) is 99.6 Å². The zero-order chi connectivity index (χ0) is 80.0. The van der Waals surface area contributed by atoms with Crippen molar-refractivity contribution in [3.63, 3.8) is 0 Å². The van der Waals surface area contributed by atoms with Crippen LogP contribution in [0, 0.1) is 23.3 Å². The molecule has 0 aliphatic heterocycles. The summed E-state index contributed by atoms with van der Waals surface area (Å²) in [4.78, 5) is 96.6. The first kappa shape index (κ1) is 80.9. The van der Waals surface area contributed by atoms with E-state index in [2.05, 4.69) is 52.5 Å². The fourth-order valence-corrected chi connectivity index (χ4v) is 12.7. The first-order chi connectivity index (χ1) is 55.4. The molecule has 0 aliphatic rings. The van der Waals surface area contributed by atoms with Crippen LogP contribution in [0.4, 0.5) is 38.5 Å². The number of carbonyl (C=O) groups is 4. The maximum absolute atomic E-state index is 15.4. The minimum atomic E-state index is -0.831. The van der Waals surface area contributed by atoms with Gasteiger partial charge in [0, 0.05) is 85.3 Å². The van der Waals surface area contributed by atoms with E-state index in [1.165, 1.54) is 51.8 Å². The number of anilines is 2. The lowest BCUT2D eigenvalue weighted by atomic mass is 10.1. The van der Waals surface area contributed by atoms with Gasteiger partial charge in [0.2, 0.25) is 11.6 Å². The number of nitrogens with one attached hydrogen (secondary N) is 6. The fourth-order valence-electron chi connectivity index (χ4n) is 12.7. The summed E-state index contributed by atoms with van der Waals surface area (Å²) in [5, 5.41) is 33.2. The standard InChI is InChI=1S/C80H86F4N20O10/c1-5-85-77(109)89-57-27-23-55(24-28-57)71-69(51-97(3)43-53-15-9-7-10-16-53)103-75(107)63(49-99(79(103)91-71)47-61-65(81)19-13-20-66(61)82)73(105)87-41-59-45-101(95-93-59)31-33-111-35-37-113-39-40-114-38-36-112-34-32-102-46-60(94-96-102)42-88-74(106)64-50-100(48-62-67(83)21-14-22-68(62)84)80-92-72(56-25-29-58(30-26-56)90-78(110)86-6-2)70(104(80)76(64)108)52-98(4)44-54-17-11-8-12-18-54/h7-30,45-46,49-50H,5-6,31-44,47-48,51-52H2,1-4H3,(H,87,105)(H,88,106)(H2,85,89,109)(H2,86,90,110). The van der Waals surface area contributed by atoms with Gasteiger partial charge < -0.3 is 60.0 Å². The molecule has 0 saturated heterocycles. The van der Waals surface area contributed by atoms with Crippen molar-refractivity contribution < 1.29 is 55.7 Å². The SMILES string of the molecule is CCNC(=O)Nc1ccc(-c2nc3n(Cc4c(F)cccc4F)cc(C(=O)NCc4cn(CCOCCOCCOCCOCCn5cc(CNC(=O)c6cn(Cc7c(F)cccc7F)c7nc(-c8ccc(NC(=O)NCC)cc8)c(CN(C)Cc8ccccc8)n7c6=O)nn5)nn4)c(=O)n3c2CN(C)Cc2ccccc2)cc1. The molecule has 34 heteroatoms. The molecule has 0 unspecified atom stereocenters. The van der Waals surface area contributed by atoms with Crippen LogP contribution < -0.4 is 43.0 Å². The summed E-state index contributed by atoms with van der Waals surface area (Å²) >= 11 is 0. The second-order valence-electron chi connectivity index (χ2n) is 26.6. The Hall–Kier alpha value is -12.6. The predicted octanol–water partition coefficient (Wildman–Crippen LogP) is 8.65. The van der Waals surface area contributed by atoms with Crippen LogP contribution in [-0.2, 0) is 84.4 Å². The molecule has 6 amide bonds. The lowest BCUT2D eigenvalue weighted by molar-refractivity contribution is -0.00370. The van der Waals surface area contributed by atoms with E-state index in [1.807, 2.05) is 84.6 Å². The summed E-state index contributed by atoms with van der Waals surface area (Å²) in [6.07, 6.45) is 5.73. The molecule has 12 aromatic rings. The van der Waals surface area contributed by atoms with Crippen LogP contribution in [0.25, 0.3) is 34.1 Å². The van der Waals surface area contributed by atoms with Crippen molar-refractivity contribution in [1.29, 1.82) is 0 Å². The van der Waals surface area contributed by atoms with E-state index >= 15 is 17.6 Å². The summed E-state index contributed by atoms with van der Waals surface area (Å²) in [6, 6.07) is 39.3. The van der Waals surface area contributed by atoms with Gasteiger partial charge in [0.25, 0.3) is 22.9 Å². The second-order valence-corrected chi connectivity index (χ2v) is 26.6. The van der Waals surface area contributed by atoms with Crippen LogP contribution in [0.5, 0.6) is 0 Å². The smallest absolute Gasteiger partial charge is 0.319 e. The molecule has 0 spiro atoms. The Morgan fingerprint density at radius 2 is 0.789 bits per heavy atom. The lowest BCUT2D eigenvalue weighted by Crippen LogP contribution is -2.34. The maximum atomic E-state index is 15.4. The van der Waals surface area contributed by atoms with Crippen molar-refractivity contribution in [2.45, 2.75) is 79.3 Å². The number of benzene rings is 6. The van der Waals surface area contributed by atoms with Gasteiger partial charge in [0.1, 0.15) is 45.8 Å². The summed E-state index contributed by atoms with van der Waals surface area (Å²) in [6.45, 7) is 7.40. The molecule has 6 aromatic carbocycles. The summed E-state index contributed by atoms with van der Waals surface area (Å²) in [7, 11) is 3.74. The van der Waals surface area contributed by atoms with Crippen LogP contribution >= 0.6 is 0 Å². The Balaban J connectivity index is 0.592. The van der Waals surface area contributed by atoms with Crippen LogP contribution in [0.2, 0.25) is 0 Å². The Labute approximate surface area is 651 Å². The third-order valence-electron chi connectivity index (χ3n) is 18.1. The van der Waals surface area contributed by atoms with Crippen molar-refractivity contribution in [2.75, 3.05) is 90.7 Å². The summed E-state index contributed by atoms with van der Waals surface area (Å²) < 4.78 is 92.9. The van der Waals surface area contributed by atoms with E-state index in [0.717, 1.165) is 35.4 Å². The van der Waals surface area contributed by atoms with Gasteiger partial charge in [-0.05, 0) is 87.6 Å². The van der Waals surface area contributed by atoms with Gasteiger partial charge in [0.15, 0.2) is 0 Å². The Kier molecular flexibility index (Phi) is 27.7. The highest BCUT2D eigenvalue weighted by atomic mass is 19.1. The number of nitrogens with zero attached hydrogens (tertiary/aromatic N) is 14. The number of aromatic nitrogens is 12. The molecule has 0 radical (unpaired) electrons. The maximum Gasteiger partial charge on any atom is 0.319 e. The van der Waals surface area contributed by atoms with Gasteiger partial charge >= 0.3 is 12.1 Å². The Morgan fingerprint density at radius 3 is 1.15 bits per heavy atom. The predicted molar refractivity (Wildman–Crippen MR) is 415 cm³/mol. The Morgan fingerprint density at radius 1 is 0.430 bits per heavy atom. The number of amides is 6. The molecule has 30 nitrogen and oxygen atoms in total. The number of urea groups is 2. The molecular formula is C80H86F4N20O10. The topological polar surface area (TPSA) is 324 Å². The number of fused-ring (bicyclic) bond motifs is 2. The molecule has 114 heavy (non-hydrogen) atoms. The molecule has 12 rings (SSSR count). The van der Waals surface area contributed by atoms with Crippen molar-refractivity contribution in [2.24, 2.45) is 0 Å². The molecule has 594 valence electrons. The summed E-state index contributed by atoms with van der Waals surface area (Å²) in [5.74, 6) is -4.84. The first-order valence-corrected chi connectivity index (χ1v) is 36.9. The summed E-state index contributed by atoms with van der Waals surface area (Å²) in [5.41, 5.74) is 3.66. The largest absolute Gasteiger partial charge is 0.377 e. The van der Waals surface area contributed by atoms with Gasteiger partial charge in [0.05, 0.1) is 127 Å². The van der Waals surface area contributed by atoms with Crippen molar-refractivity contribution in [3.05, 3.63) is 271 Å². The molecule has 0 atom stereocenters. The molecule has 0 saturated carbocycles. The fraction of sp³-hybridized carbons (Fsp3) is 0.300. The molecule has 6 N–H and O–H groups in total. The number of hydrogen-bond acceptors (Lipinski definition) is 18. The molecule has 0 bridgehead atoms. The third-order valence-corrected chi connectivity index (χ3v) is 18.1. The molecule has 0 aliphatic carbocycles. The number of ether oxygens (including phenoxy) is 4. The average Bonchev–Trinajstić information content (AvgIpc) is 1.59. The van der Waals surface area contributed by atoms with Crippen LogP contribution in [0.1, 0.15) is 79.6 Å². The van der Waals surface area contributed by atoms with Crippen molar-refractivity contribution in [3.8, 4) is 22.5 Å². The average molecular weight is 1560 g/mol. The monoisotopic (exact) mass is 1560 g/mol. The van der Waals surface area contributed by atoms with Crippen LogP contribution in [0.15, 0.2) is 180 Å². The lowest BCUT2D eigenvalue weighted by Gasteiger charge is -2.18. The number of hydrogen-bond donors (Lipinski definition) is 6. The zero-order valence-electron chi connectivity index (χ0n) is 63.2. The normalized spacial score (nSPS) is 11.5. The third kappa shape index (κ3) is 20.9. The molecule has 6 heterocycles. The van der Waals surface area contributed by atoms with Gasteiger partial charge in [-0.25, -0.2) is 55.3 Å². The minimum Gasteiger partial charge on any atom is -0.377 e. The van der Waals surface area contributed by atoms with E-state index < -0.39 is 71.4 Å². The van der Waals surface area contributed by atoms with Gasteiger partial charge in [-0.1, -0.05) is 107 Å². The first-order valence-electron chi connectivity index (χ1n) is 36.9. The molecular weight excluding hydrogens is 1480 g/mol. The molecule has 6 aromatic heterocycles. The van der Waals surface area contributed by atoms with Gasteiger partial charge in [-0.3, -0.25) is 29.0 Å². The molecule has 0 fully saturated rings. The quantitative estimate of drug-likeness (QED) is 0.0155. The number of rotatable bonds is 39. The van der Waals surface area contributed by atoms with Crippen molar-refractivity contribution >= 4 is 46.8 Å². The number of halogens is 4. The highest BCUT2D eigenvalue weighted by molar-refractivity contribution is 5.95. The van der Waals surface area contributed by atoms with Gasteiger partial charge in [-0.15, -0.1) is 10.2 Å². The van der Waals surface area contributed by atoms with Gasteiger partial charge in [-0.2, -0.15) is 0 Å². The van der Waals surface area contributed by atoms with E-state index in [9.17, 15) is 28.8 Å². The van der Waals surface area contributed by atoms with Crippen molar-refractivity contribution in [1.82, 2.24) is 89.0 Å². The van der Waals surface area contributed by atoms with E-state index in [0.29, 0.717) is 109 Å².